The average molecular weight is 335 g/mol. The van der Waals surface area contributed by atoms with Gasteiger partial charge in [0.1, 0.15) is 6.10 Å². The van der Waals surface area contributed by atoms with Crippen molar-refractivity contribution in [3.8, 4) is 0 Å². The van der Waals surface area contributed by atoms with Crippen LogP contribution >= 0.6 is 22.6 Å². The molecule has 1 aromatic carbocycles. The van der Waals surface area contributed by atoms with Crippen LogP contribution in [-0.4, -0.2) is 17.8 Å². The molecule has 1 aromatic rings. The fourth-order valence-corrected chi connectivity index (χ4v) is 1.98. The highest BCUT2D eigenvalue weighted by Crippen LogP contribution is 2.24. The summed E-state index contributed by atoms with van der Waals surface area (Å²) in [5, 5.41) is 8.78. The SMILES string of the molecule is NC(=O)O[C@H](CCCO)c1cccc(I)c1. The number of benzene rings is 1. The van der Waals surface area contributed by atoms with E-state index in [0.29, 0.717) is 12.8 Å². The fourth-order valence-electron chi connectivity index (χ4n) is 1.42. The largest absolute Gasteiger partial charge is 0.442 e. The summed E-state index contributed by atoms with van der Waals surface area (Å²) in [6.07, 6.45) is -0.0238. The van der Waals surface area contributed by atoms with Gasteiger partial charge in [0.15, 0.2) is 0 Å². The Balaban J connectivity index is 2.78. The smallest absolute Gasteiger partial charge is 0.405 e. The molecule has 0 unspecified atom stereocenters. The van der Waals surface area contributed by atoms with Crippen LogP contribution < -0.4 is 5.73 Å². The highest BCUT2D eigenvalue weighted by atomic mass is 127. The molecule has 0 aliphatic rings. The van der Waals surface area contributed by atoms with Gasteiger partial charge >= 0.3 is 6.09 Å². The van der Waals surface area contributed by atoms with Crippen molar-refractivity contribution < 1.29 is 14.6 Å². The third-order valence-corrected chi connectivity index (χ3v) is 2.77. The van der Waals surface area contributed by atoms with Gasteiger partial charge in [-0.2, -0.15) is 0 Å². The molecule has 0 aliphatic carbocycles. The quantitative estimate of drug-likeness (QED) is 0.811. The first kappa shape index (κ1) is 13.2. The van der Waals surface area contributed by atoms with Crippen LogP contribution in [0.2, 0.25) is 0 Å². The van der Waals surface area contributed by atoms with Crippen molar-refractivity contribution in [2.75, 3.05) is 6.61 Å². The molecule has 88 valence electrons. The van der Waals surface area contributed by atoms with Gasteiger partial charge in [0.05, 0.1) is 0 Å². The molecule has 0 aliphatic heterocycles. The normalized spacial score (nSPS) is 12.1. The van der Waals surface area contributed by atoms with Gasteiger partial charge in [0, 0.05) is 10.2 Å². The number of amides is 1. The second-order valence-corrected chi connectivity index (χ2v) is 4.59. The molecule has 0 aromatic heterocycles. The molecule has 0 spiro atoms. The fraction of sp³-hybridized carbons (Fsp3) is 0.364. The molecule has 4 nitrogen and oxygen atoms in total. The van der Waals surface area contributed by atoms with Gasteiger partial charge < -0.3 is 15.6 Å². The van der Waals surface area contributed by atoms with Crippen molar-refractivity contribution in [1.82, 2.24) is 0 Å². The number of ether oxygens (including phenoxy) is 1. The predicted octanol–water partition coefficient (Wildman–Crippen LogP) is 2.20. The molecule has 5 heteroatoms. The number of hydrogen-bond donors (Lipinski definition) is 2. The number of hydrogen-bond acceptors (Lipinski definition) is 3. The summed E-state index contributed by atoms with van der Waals surface area (Å²) in [6, 6.07) is 7.67. The Labute approximate surface area is 108 Å². The molecule has 1 rings (SSSR count). The molecule has 1 amide bonds. The second-order valence-electron chi connectivity index (χ2n) is 3.35. The first-order chi connectivity index (χ1) is 7.63. The van der Waals surface area contributed by atoms with Crippen molar-refractivity contribution in [2.24, 2.45) is 5.73 Å². The molecule has 0 heterocycles. The summed E-state index contributed by atoms with van der Waals surface area (Å²) >= 11 is 2.19. The number of carbonyl (C=O) groups is 1. The lowest BCUT2D eigenvalue weighted by molar-refractivity contribution is 0.0955. The van der Waals surface area contributed by atoms with Crippen molar-refractivity contribution in [3.05, 3.63) is 33.4 Å². The Bertz CT molecular complexity index is 357. The van der Waals surface area contributed by atoms with E-state index in [1.807, 2.05) is 24.3 Å². The van der Waals surface area contributed by atoms with Gasteiger partial charge in [-0.25, -0.2) is 4.79 Å². The number of primary amides is 1. The van der Waals surface area contributed by atoms with Crippen LogP contribution in [0.3, 0.4) is 0 Å². The maximum atomic E-state index is 10.8. The Morgan fingerprint density at radius 3 is 2.88 bits per heavy atom. The number of halogens is 1. The summed E-state index contributed by atoms with van der Waals surface area (Å²) in [6.45, 7) is 0.0720. The lowest BCUT2D eigenvalue weighted by atomic mass is 10.1. The first-order valence-corrected chi connectivity index (χ1v) is 6.03. The summed E-state index contributed by atoms with van der Waals surface area (Å²) in [7, 11) is 0. The van der Waals surface area contributed by atoms with Gasteiger partial charge in [0.25, 0.3) is 0 Å². The van der Waals surface area contributed by atoms with Crippen LogP contribution in [0.5, 0.6) is 0 Å². The van der Waals surface area contributed by atoms with Crippen LogP contribution in [0.1, 0.15) is 24.5 Å². The Kier molecular flexibility index (Phi) is 5.54. The van der Waals surface area contributed by atoms with Crippen LogP contribution in [0, 0.1) is 3.57 Å². The van der Waals surface area contributed by atoms with Gasteiger partial charge in [-0.15, -0.1) is 0 Å². The van der Waals surface area contributed by atoms with E-state index < -0.39 is 6.09 Å². The van der Waals surface area contributed by atoms with Crippen LogP contribution in [0.4, 0.5) is 4.79 Å². The standard InChI is InChI=1S/C11H14INO3/c12-9-4-1-3-8(7-9)10(5-2-6-14)16-11(13)15/h1,3-4,7,10,14H,2,5-6H2,(H2,13,15)/t10-/m1/s1. The van der Waals surface area contributed by atoms with Gasteiger partial charge in [-0.3, -0.25) is 0 Å². The highest BCUT2D eigenvalue weighted by Gasteiger charge is 2.14. The first-order valence-electron chi connectivity index (χ1n) is 4.96. The topological polar surface area (TPSA) is 72.6 Å². The molecule has 16 heavy (non-hydrogen) atoms. The Hall–Kier alpha value is -0.820. The second kappa shape index (κ2) is 6.70. The van der Waals surface area contributed by atoms with Crippen molar-refractivity contribution in [1.29, 1.82) is 0 Å². The van der Waals surface area contributed by atoms with Crippen molar-refractivity contribution in [3.63, 3.8) is 0 Å². The molecule has 0 radical (unpaired) electrons. The number of aliphatic hydroxyl groups is 1. The summed E-state index contributed by atoms with van der Waals surface area (Å²) < 4.78 is 6.08. The summed E-state index contributed by atoms with van der Waals surface area (Å²) in [5.74, 6) is 0. The predicted molar refractivity (Wildman–Crippen MR) is 68.9 cm³/mol. The van der Waals surface area contributed by atoms with E-state index in [1.165, 1.54) is 0 Å². The Morgan fingerprint density at radius 1 is 1.56 bits per heavy atom. The van der Waals surface area contributed by atoms with Gasteiger partial charge in [-0.1, -0.05) is 12.1 Å². The molecule has 3 N–H and O–H groups in total. The monoisotopic (exact) mass is 335 g/mol. The maximum Gasteiger partial charge on any atom is 0.405 e. The van der Waals surface area contributed by atoms with Crippen LogP contribution in [0.25, 0.3) is 0 Å². The zero-order valence-electron chi connectivity index (χ0n) is 8.73. The minimum Gasteiger partial charge on any atom is -0.442 e. The summed E-state index contributed by atoms with van der Waals surface area (Å²) in [5.41, 5.74) is 5.92. The van der Waals surface area contributed by atoms with E-state index in [4.69, 9.17) is 15.6 Å². The molecular formula is C11H14INO3. The van der Waals surface area contributed by atoms with E-state index >= 15 is 0 Å². The van der Waals surface area contributed by atoms with Gasteiger partial charge in [-0.05, 0) is 53.1 Å². The summed E-state index contributed by atoms with van der Waals surface area (Å²) in [4.78, 5) is 10.8. The van der Waals surface area contributed by atoms with Crippen LogP contribution in [-0.2, 0) is 4.74 Å². The minimum absolute atomic E-state index is 0.0720. The third-order valence-electron chi connectivity index (χ3n) is 2.10. The Morgan fingerprint density at radius 2 is 2.31 bits per heavy atom. The molecular weight excluding hydrogens is 321 g/mol. The molecule has 0 saturated carbocycles. The molecule has 0 bridgehead atoms. The lowest BCUT2D eigenvalue weighted by Gasteiger charge is -2.16. The van der Waals surface area contributed by atoms with Crippen LogP contribution in [0.15, 0.2) is 24.3 Å². The zero-order chi connectivity index (χ0) is 12.0. The minimum atomic E-state index is -0.790. The van der Waals surface area contributed by atoms with E-state index in [0.717, 1.165) is 9.13 Å². The van der Waals surface area contributed by atoms with E-state index in [2.05, 4.69) is 22.6 Å². The lowest BCUT2D eigenvalue weighted by Crippen LogP contribution is -2.17. The zero-order valence-corrected chi connectivity index (χ0v) is 10.9. The van der Waals surface area contributed by atoms with E-state index in [1.54, 1.807) is 0 Å². The molecule has 1 atom stereocenters. The molecule has 0 fully saturated rings. The molecule has 0 saturated heterocycles. The van der Waals surface area contributed by atoms with E-state index in [-0.39, 0.29) is 12.7 Å². The highest BCUT2D eigenvalue weighted by molar-refractivity contribution is 14.1. The number of rotatable bonds is 5. The number of nitrogens with two attached hydrogens (primary N) is 1. The maximum absolute atomic E-state index is 10.8. The number of aliphatic hydroxyl groups excluding tert-OH is 1. The van der Waals surface area contributed by atoms with E-state index in [9.17, 15) is 4.79 Å². The van der Waals surface area contributed by atoms with Crippen molar-refractivity contribution in [2.45, 2.75) is 18.9 Å². The van der Waals surface area contributed by atoms with Crippen molar-refractivity contribution >= 4 is 28.7 Å². The average Bonchev–Trinajstić information content (AvgIpc) is 2.23. The van der Waals surface area contributed by atoms with Gasteiger partial charge in [0.2, 0.25) is 0 Å². The number of carbonyl (C=O) groups excluding carboxylic acids is 1. The third kappa shape index (κ3) is 4.36.